The number of hydrogen-bond acceptors (Lipinski definition) is 5. The predicted octanol–water partition coefficient (Wildman–Crippen LogP) is 4.91. The maximum atomic E-state index is 14.0. The lowest BCUT2D eigenvalue weighted by atomic mass is 10.2. The summed E-state index contributed by atoms with van der Waals surface area (Å²) in [6, 6.07) is 7.25. The predicted molar refractivity (Wildman–Crippen MR) is 98.2 cm³/mol. The van der Waals surface area contributed by atoms with Gasteiger partial charge in [-0.3, -0.25) is 4.98 Å². The van der Waals surface area contributed by atoms with Crippen LogP contribution in [0.5, 0.6) is 0 Å². The Morgan fingerprint density at radius 1 is 1.07 bits per heavy atom. The fourth-order valence-corrected chi connectivity index (χ4v) is 2.32. The molecule has 0 saturated carbocycles. The second-order valence-corrected chi connectivity index (χ2v) is 6.01. The van der Waals surface area contributed by atoms with Gasteiger partial charge >= 0.3 is 0 Å². The van der Waals surface area contributed by atoms with E-state index in [1.165, 1.54) is 0 Å². The summed E-state index contributed by atoms with van der Waals surface area (Å²) in [5, 5.41) is 5.84. The van der Waals surface area contributed by atoms with Crippen LogP contribution in [0.15, 0.2) is 42.7 Å². The van der Waals surface area contributed by atoms with E-state index in [1.54, 1.807) is 24.5 Å². The molecule has 140 valence electrons. The molecule has 3 aromatic rings. The van der Waals surface area contributed by atoms with Gasteiger partial charge in [-0.05, 0) is 37.6 Å². The zero-order valence-corrected chi connectivity index (χ0v) is 14.8. The molecule has 0 unspecified atom stereocenters. The highest BCUT2D eigenvalue weighted by molar-refractivity contribution is 5.67. The van der Waals surface area contributed by atoms with Crippen molar-refractivity contribution in [3.05, 3.63) is 60.2 Å². The van der Waals surface area contributed by atoms with Crippen LogP contribution in [-0.2, 0) is 0 Å². The lowest BCUT2D eigenvalue weighted by Gasteiger charge is -2.15. The molecule has 1 aromatic carbocycles. The minimum Gasteiger partial charge on any atom is -0.352 e. The monoisotopic (exact) mass is 373 g/mol. The zero-order chi connectivity index (χ0) is 19.4. The highest BCUT2D eigenvalue weighted by Gasteiger charge is 2.15. The molecule has 5 nitrogen and oxygen atoms in total. The Balaban J connectivity index is 2.01. The summed E-state index contributed by atoms with van der Waals surface area (Å²) in [6.45, 7) is 3.99. The van der Waals surface area contributed by atoms with Gasteiger partial charge in [-0.15, -0.1) is 0 Å². The Morgan fingerprint density at radius 3 is 2.59 bits per heavy atom. The van der Waals surface area contributed by atoms with E-state index in [9.17, 15) is 13.2 Å². The SMILES string of the molecule is CC[C@@H](C)Nc1nc(Nc2ccc(F)c(F)c2F)cc(-c2cccnc2)n1. The molecule has 2 aromatic heterocycles. The zero-order valence-electron chi connectivity index (χ0n) is 14.8. The summed E-state index contributed by atoms with van der Waals surface area (Å²) in [7, 11) is 0. The van der Waals surface area contributed by atoms with Crippen molar-refractivity contribution in [3.63, 3.8) is 0 Å². The van der Waals surface area contributed by atoms with Crippen LogP contribution in [0.25, 0.3) is 11.3 Å². The van der Waals surface area contributed by atoms with Crippen molar-refractivity contribution < 1.29 is 13.2 Å². The number of rotatable bonds is 6. The number of hydrogen-bond donors (Lipinski definition) is 2. The maximum absolute atomic E-state index is 14.0. The molecule has 2 heterocycles. The van der Waals surface area contributed by atoms with Crippen LogP contribution in [0.4, 0.5) is 30.6 Å². The number of benzene rings is 1. The molecule has 8 heteroatoms. The third-order valence-electron chi connectivity index (χ3n) is 3.97. The minimum absolute atomic E-state index is 0.113. The quantitative estimate of drug-likeness (QED) is 0.601. The van der Waals surface area contributed by atoms with Gasteiger partial charge in [0.2, 0.25) is 5.95 Å². The maximum Gasteiger partial charge on any atom is 0.225 e. The molecule has 2 N–H and O–H groups in total. The Kier molecular flexibility index (Phi) is 5.54. The molecule has 0 fully saturated rings. The van der Waals surface area contributed by atoms with E-state index >= 15 is 0 Å². The van der Waals surface area contributed by atoms with Crippen molar-refractivity contribution in [2.75, 3.05) is 10.6 Å². The second kappa shape index (κ2) is 8.03. The summed E-state index contributed by atoms with van der Waals surface area (Å²) < 4.78 is 40.6. The number of anilines is 3. The molecule has 27 heavy (non-hydrogen) atoms. The van der Waals surface area contributed by atoms with Crippen molar-refractivity contribution in [2.45, 2.75) is 26.3 Å². The number of nitrogens with one attached hydrogen (secondary N) is 2. The summed E-state index contributed by atoms with van der Waals surface area (Å²) in [6.07, 6.45) is 4.12. The molecule has 0 amide bonds. The number of aromatic nitrogens is 3. The van der Waals surface area contributed by atoms with Gasteiger partial charge in [-0.1, -0.05) is 6.92 Å². The topological polar surface area (TPSA) is 62.7 Å². The van der Waals surface area contributed by atoms with Crippen LogP contribution >= 0.6 is 0 Å². The summed E-state index contributed by atoms with van der Waals surface area (Å²) in [4.78, 5) is 12.8. The first kappa shape index (κ1) is 18.6. The van der Waals surface area contributed by atoms with Crippen molar-refractivity contribution in [2.24, 2.45) is 0 Å². The highest BCUT2D eigenvalue weighted by Crippen LogP contribution is 2.26. The molecule has 1 atom stereocenters. The second-order valence-electron chi connectivity index (χ2n) is 6.01. The third-order valence-corrected chi connectivity index (χ3v) is 3.97. The van der Waals surface area contributed by atoms with E-state index in [1.807, 2.05) is 19.9 Å². The average molecular weight is 373 g/mol. The van der Waals surface area contributed by atoms with E-state index in [4.69, 9.17) is 0 Å². The minimum atomic E-state index is -1.54. The van der Waals surface area contributed by atoms with Crippen LogP contribution in [0, 0.1) is 17.5 Å². The van der Waals surface area contributed by atoms with Crippen molar-refractivity contribution >= 4 is 17.5 Å². The molecular weight excluding hydrogens is 355 g/mol. The van der Waals surface area contributed by atoms with Gasteiger partial charge in [0.05, 0.1) is 11.4 Å². The van der Waals surface area contributed by atoms with Crippen LogP contribution < -0.4 is 10.6 Å². The van der Waals surface area contributed by atoms with E-state index in [0.717, 1.165) is 24.1 Å². The summed E-state index contributed by atoms with van der Waals surface area (Å²) in [5.74, 6) is -3.54. The molecule has 0 aliphatic rings. The van der Waals surface area contributed by atoms with Gasteiger partial charge in [0.25, 0.3) is 0 Å². The molecule has 0 aliphatic heterocycles. The number of pyridine rings is 1. The van der Waals surface area contributed by atoms with Crippen molar-refractivity contribution in [1.29, 1.82) is 0 Å². The standard InChI is InChI=1S/C19H18F3N5/c1-3-11(2)24-19-26-15(12-5-4-8-23-10-12)9-16(27-19)25-14-7-6-13(20)17(21)18(14)22/h4-11H,3H2,1-2H3,(H2,24,25,26,27)/t11-/m1/s1. The Hall–Kier alpha value is -3.16. The van der Waals surface area contributed by atoms with Gasteiger partial charge in [-0.2, -0.15) is 4.98 Å². The van der Waals surface area contributed by atoms with Gasteiger partial charge in [0.1, 0.15) is 5.82 Å². The van der Waals surface area contributed by atoms with Gasteiger partial charge in [-0.25, -0.2) is 18.2 Å². The van der Waals surface area contributed by atoms with E-state index < -0.39 is 17.5 Å². The van der Waals surface area contributed by atoms with Crippen LogP contribution in [0.3, 0.4) is 0 Å². The molecule has 3 rings (SSSR count). The van der Waals surface area contributed by atoms with Crippen molar-refractivity contribution in [1.82, 2.24) is 15.0 Å². The smallest absolute Gasteiger partial charge is 0.225 e. The lowest BCUT2D eigenvalue weighted by molar-refractivity contribution is 0.449. The fourth-order valence-electron chi connectivity index (χ4n) is 2.32. The third kappa shape index (κ3) is 4.33. The average Bonchev–Trinajstić information content (AvgIpc) is 2.69. The molecular formula is C19H18F3N5. The normalized spacial score (nSPS) is 11.9. The number of nitrogens with zero attached hydrogens (tertiary/aromatic N) is 3. The van der Waals surface area contributed by atoms with Gasteiger partial charge < -0.3 is 10.6 Å². The number of halogens is 3. The van der Waals surface area contributed by atoms with Gasteiger partial charge in [0, 0.05) is 30.1 Å². The first-order valence-electron chi connectivity index (χ1n) is 8.44. The Morgan fingerprint density at radius 2 is 1.89 bits per heavy atom. The van der Waals surface area contributed by atoms with Crippen LogP contribution in [0.2, 0.25) is 0 Å². The van der Waals surface area contributed by atoms with Crippen LogP contribution in [0.1, 0.15) is 20.3 Å². The fraction of sp³-hybridized carbons (Fsp3) is 0.211. The first-order chi connectivity index (χ1) is 13.0. The lowest BCUT2D eigenvalue weighted by Crippen LogP contribution is -2.16. The van der Waals surface area contributed by atoms with E-state index in [2.05, 4.69) is 25.6 Å². The molecule has 0 bridgehead atoms. The summed E-state index contributed by atoms with van der Waals surface area (Å²) in [5.41, 5.74) is 1.06. The molecule has 0 aliphatic carbocycles. The summed E-state index contributed by atoms with van der Waals surface area (Å²) >= 11 is 0. The molecule has 0 spiro atoms. The molecule has 0 radical (unpaired) electrons. The Labute approximate surface area is 154 Å². The van der Waals surface area contributed by atoms with Crippen molar-refractivity contribution in [3.8, 4) is 11.3 Å². The van der Waals surface area contributed by atoms with E-state index in [0.29, 0.717) is 11.6 Å². The van der Waals surface area contributed by atoms with Crippen LogP contribution in [-0.4, -0.2) is 21.0 Å². The Bertz CT molecular complexity index is 934. The highest BCUT2D eigenvalue weighted by atomic mass is 19.2. The first-order valence-corrected chi connectivity index (χ1v) is 8.44. The largest absolute Gasteiger partial charge is 0.352 e. The molecule has 0 saturated heterocycles. The van der Waals surface area contributed by atoms with E-state index in [-0.39, 0.29) is 17.5 Å². The van der Waals surface area contributed by atoms with Gasteiger partial charge in [0.15, 0.2) is 17.5 Å².